The molecule has 0 spiro atoms. The van der Waals surface area contributed by atoms with Crippen LogP contribution < -0.4 is 0 Å². The van der Waals surface area contributed by atoms with Gasteiger partial charge in [0, 0.05) is 15.7 Å². The van der Waals surface area contributed by atoms with Crippen molar-refractivity contribution in [3.8, 4) is 0 Å². The maximum absolute atomic E-state index is 12.7. The van der Waals surface area contributed by atoms with E-state index < -0.39 is 0 Å². The molecule has 0 saturated carbocycles. The highest BCUT2D eigenvalue weighted by Gasteiger charge is 2.42. The number of aliphatic imine (C=N–C) groups is 1. The molecule has 5 rings (SSSR count). The van der Waals surface area contributed by atoms with Gasteiger partial charge in [-0.2, -0.15) is 0 Å². The number of fused-ring (bicyclic) bond motifs is 1. The van der Waals surface area contributed by atoms with Gasteiger partial charge in [0.1, 0.15) is 4.91 Å². The first kappa shape index (κ1) is 23.3. The van der Waals surface area contributed by atoms with Crippen LogP contribution in [-0.4, -0.2) is 22.6 Å². The molecular formula is C27H24Cl2N2O2S. The molecule has 0 bridgehead atoms. The molecule has 3 aliphatic rings. The van der Waals surface area contributed by atoms with E-state index in [0.717, 1.165) is 52.0 Å². The van der Waals surface area contributed by atoms with Crippen LogP contribution in [0.4, 0.5) is 0 Å². The smallest absolute Gasteiger partial charge is 0.346 e. The number of thioether (sulfide) groups is 1. The van der Waals surface area contributed by atoms with Gasteiger partial charge in [-0.1, -0.05) is 47.5 Å². The predicted molar refractivity (Wildman–Crippen MR) is 141 cm³/mol. The zero-order valence-corrected chi connectivity index (χ0v) is 21.3. The van der Waals surface area contributed by atoms with Crippen LogP contribution in [0.2, 0.25) is 10.0 Å². The van der Waals surface area contributed by atoms with Crippen molar-refractivity contribution < 1.29 is 9.53 Å². The average Bonchev–Trinajstić information content (AvgIpc) is 3.16. The van der Waals surface area contributed by atoms with Gasteiger partial charge in [0.2, 0.25) is 0 Å². The number of benzene rings is 2. The van der Waals surface area contributed by atoms with Crippen LogP contribution in [0.3, 0.4) is 0 Å². The number of rotatable bonds is 4. The van der Waals surface area contributed by atoms with Gasteiger partial charge in [-0.3, -0.25) is 0 Å². The van der Waals surface area contributed by atoms with Crippen LogP contribution in [0, 0.1) is 0 Å². The van der Waals surface area contributed by atoms with Crippen LogP contribution in [0.5, 0.6) is 0 Å². The van der Waals surface area contributed by atoms with Crippen molar-refractivity contribution in [1.82, 2.24) is 4.90 Å². The van der Waals surface area contributed by atoms with E-state index in [2.05, 4.69) is 23.1 Å². The molecule has 7 heteroatoms. The number of hydrogen-bond acceptors (Lipinski definition) is 5. The maximum atomic E-state index is 12.7. The van der Waals surface area contributed by atoms with Crippen molar-refractivity contribution in [2.24, 2.45) is 4.99 Å². The Hall–Kier alpha value is -2.47. The van der Waals surface area contributed by atoms with Gasteiger partial charge in [0.15, 0.2) is 5.17 Å². The van der Waals surface area contributed by atoms with Crippen LogP contribution in [0.1, 0.15) is 50.3 Å². The van der Waals surface area contributed by atoms with Crippen molar-refractivity contribution >= 4 is 52.2 Å². The number of amidine groups is 1. The Kier molecular flexibility index (Phi) is 6.61. The SMILES string of the molecule is CCOC(=O)C1=C(C)N2C(=NC3=C(CCC/C3=C\c3ccc(Cl)cc3)[C@@H]2c2ccc(Cl)cc2)S1. The lowest BCUT2D eigenvalue weighted by Gasteiger charge is -2.39. The summed E-state index contributed by atoms with van der Waals surface area (Å²) in [6, 6.07) is 15.8. The number of allylic oxidation sites excluding steroid dienone is 2. The number of nitrogens with zero attached hydrogens (tertiary/aromatic N) is 2. The van der Waals surface area contributed by atoms with E-state index in [1.807, 2.05) is 50.2 Å². The quantitative estimate of drug-likeness (QED) is 0.394. The molecule has 34 heavy (non-hydrogen) atoms. The largest absolute Gasteiger partial charge is 0.462 e. The first-order chi connectivity index (χ1) is 16.5. The van der Waals surface area contributed by atoms with Gasteiger partial charge in [-0.15, -0.1) is 0 Å². The van der Waals surface area contributed by atoms with Crippen LogP contribution in [0.15, 0.2) is 81.0 Å². The lowest BCUT2D eigenvalue weighted by molar-refractivity contribution is -0.137. The second-order valence-electron chi connectivity index (χ2n) is 8.40. The van der Waals surface area contributed by atoms with E-state index in [1.165, 1.54) is 22.9 Å². The maximum Gasteiger partial charge on any atom is 0.346 e. The first-order valence-electron chi connectivity index (χ1n) is 11.3. The number of esters is 1. The summed E-state index contributed by atoms with van der Waals surface area (Å²) < 4.78 is 5.33. The van der Waals surface area contributed by atoms with Crippen LogP contribution in [0.25, 0.3) is 6.08 Å². The van der Waals surface area contributed by atoms with Crippen molar-refractivity contribution in [2.75, 3.05) is 6.61 Å². The second kappa shape index (κ2) is 9.65. The Bertz CT molecular complexity index is 1260. The van der Waals surface area contributed by atoms with Crippen LogP contribution in [-0.2, 0) is 9.53 Å². The lowest BCUT2D eigenvalue weighted by Crippen LogP contribution is -2.34. The number of hydrogen-bond donors (Lipinski definition) is 0. The van der Waals surface area contributed by atoms with Gasteiger partial charge in [-0.05, 0) is 97.5 Å². The van der Waals surface area contributed by atoms with Crippen molar-refractivity contribution in [3.05, 3.63) is 97.1 Å². The number of carbonyl (C=O) groups excluding carboxylic acids is 1. The molecular weight excluding hydrogens is 487 g/mol. The van der Waals surface area contributed by atoms with Crippen molar-refractivity contribution in [3.63, 3.8) is 0 Å². The van der Waals surface area contributed by atoms with E-state index in [0.29, 0.717) is 16.5 Å². The highest BCUT2D eigenvalue weighted by Crippen LogP contribution is 2.51. The average molecular weight is 511 g/mol. The summed E-state index contributed by atoms with van der Waals surface area (Å²) in [7, 11) is 0. The summed E-state index contributed by atoms with van der Waals surface area (Å²) in [5.74, 6) is -0.299. The van der Waals surface area contributed by atoms with Gasteiger partial charge in [0.25, 0.3) is 0 Å². The molecule has 174 valence electrons. The molecule has 1 aliphatic carbocycles. The minimum atomic E-state index is -0.299. The highest BCUT2D eigenvalue weighted by molar-refractivity contribution is 8.18. The third-order valence-electron chi connectivity index (χ3n) is 6.24. The third-order valence-corrected chi connectivity index (χ3v) is 7.88. The fraction of sp³-hybridized carbons (Fsp3) is 0.259. The van der Waals surface area contributed by atoms with E-state index in [1.54, 1.807) is 0 Å². The zero-order chi connectivity index (χ0) is 23.8. The van der Waals surface area contributed by atoms with Gasteiger partial charge in [-0.25, -0.2) is 9.79 Å². The second-order valence-corrected chi connectivity index (χ2v) is 10.3. The molecule has 0 aromatic heterocycles. The number of carbonyl (C=O) groups is 1. The predicted octanol–water partition coefficient (Wildman–Crippen LogP) is 7.77. The number of ether oxygens (including phenoxy) is 1. The van der Waals surface area contributed by atoms with Crippen molar-refractivity contribution in [1.29, 1.82) is 0 Å². The molecule has 0 amide bonds. The fourth-order valence-corrected chi connectivity index (χ4v) is 6.00. The topological polar surface area (TPSA) is 41.9 Å². The van der Waals surface area contributed by atoms with E-state index in [4.69, 9.17) is 32.9 Å². The molecule has 2 heterocycles. The first-order valence-corrected chi connectivity index (χ1v) is 12.9. The Morgan fingerprint density at radius 3 is 2.47 bits per heavy atom. The van der Waals surface area contributed by atoms with E-state index in [-0.39, 0.29) is 12.0 Å². The van der Waals surface area contributed by atoms with E-state index in [9.17, 15) is 4.79 Å². The number of halogens is 2. The van der Waals surface area contributed by atoms with E-state index >= 15 is 0 Å². The Labute approximate surface area is 214 Å². The minimum Gasteiger partial charge on any atom is -0.462 e. The molecule has 1 atom stereocenters. The summed E-state index contributed by atoms with van der Waals surface area (Å²) in [4.78, 5) is 20.6. The summed E-state index contributed by atoms with van der Waals surface area (Å²) in [6.07, 6.45) is 5.14. The molecule has 0 saturated heterocycles. The normalized spacial score (nSPS) is 20.9. The highest BCUT2D eigenvalue weighted by atomic mass is 35.5. The molecule has 4 nitrogen and oxygen atoms in total. The monoisotopic (exact) mass is 510 g/mol. The molecule has 2 aromatic rings. The van der Waals surface area contributed by atoms with Gasteiger partial charge >= 0.3 is 5.97 Å². The standard InChI is InChI=1S/C27H24Cl2N2O2S/c1-3-33-26(32)25-16(2)31-24(18-9-13-21(29)14-10-18)22-6-4-5-19(23(22)30-27(31)34-25)15-17-7-11-20(28)12-8-17/h7-15,24H,3-6H2,1-2H3/b19-15+/t24-/m0/s1. The summed E-state index contributed by atoms with van der Waals surface area (Å²) in [5.41, 5.74) is 6.60. The van der Waals surface area contributed by atoms with Gasteiger partial charge < -0.3 is 9.64 Å². The van der Waals surface area contributed by atoms with Crippen LogP contribution >= 0.6 is 35.0 Å². The molecule has 2 aliphatic heterocycles. The minimum absolute atomic E-state index is 0.0480. The Morgan fingerprint density at radius 1 is 1.12 bits per heavy atom. The molecule has 0 fully saturated rings. The molecule has 0 N–H and O–H groups in total. The third kappa shape index (κ3) is 4.33. The summed E-state index contributed by atoms with van der Waals surface area (Å²) >= 11 is 13.7. The summed E-state index contributed by atoms with van der Waals surface area (Å²) in [5, 5.41) is 2.23. The molecule has 2 aromatic carbocycles. The Morgan fingerprint density at radius 2 is 1.79 bits per heavy atom. The molecule has 0 radical (unpaired) electrons. The summed E-state index contributed by atoms with van der Waals surface area (Å²) in [6.45, 7) is 4.14. The fourth-order valence-electron chi connectivity index (χ4n) is 4.70. The Balaban J connectivity index is 1.64. The van der Waals surface area contributed by atoms with Crippen molar-refractivity contribution in [2.45, 2.75) is 39.2 Å². The van der Waals surface area contributed by atoms with Gasteiger partial charge in [0.05, 0.1) is 18.3 Å². The lowest BCUT2D eigenvalue weighted by atomic mass is 9.83. The zero-order valence-electron chi connectivity index (χ0n) is 19.0. The molecule has 0 unspecified atom stereocenters.